The number of hydrogen-bond acceptors (Lipinski definition) is 3. The SMILES string of the molecule is O=C(CS(=O)(=O)c1ccccc1)Nc1c(Cl)cccc1Cl. The van der Waals surface area contributed by atoms with Crippen LogP contribution in [-0.2, 0) is 14.6 Å². The summed E-state index contributed by atoms with van der Waals surface area (Å²) in [6.45, 7) is 0. The summed E-state index contributed by atoms with van der Waals surface area (Å²) in [6.07, 6.45) is 0. The Morgan fingerprint density at radius 3 is 2.10 bits per heavy atom. The first kappa shape index (κ1) is 15.8. The van der Waals surface area contributed by atoms with Crippen LogP contribution in [0.25, 0.3) is 0 Å². The minimum absolute atomic E-state index is 0.0883. The molecule has 1 amide bonds. The van der Waals surface area contributed by atoms with Gasteiger partial charge in [-0.25, -0.2) is 8.42 Å². The van der Waals surface area contributed by atoms with Gasteiger partial charge in [0, 0.05) is 0 Å². The standard InChI is InChI=1S/C14H11Cl2NO3S/c15-11-7-4-8-12(16)14(11)17-13(18)9-21(19,20)10-5-2-1-3-6-10/h1-8H,9H2,(H,17,18). The molecule has 0 aliphatic carbocycles. The summed E-state index contributed by atoms with van der Waals surface area (Å²) in [6, 6.07) is 12.5. The van der Waals surface area contributed by atoms with E-state index in [1.807, 2.05) is 0 Å². The molecule has 110 valence electrons. The van der Waals surface area contributed by atoms with Crippen LogP contribution in [0.2, 0.25) is 10.0 Å². The Balaban J connectivity index is 2.16. The van der Waals surface area contributed by atoms with Crippen molar-refractivity contribution in [3.63, 3.8) is 0 Å². The average molecular weight is 344 g/mol. The summed E-state index contributed by atoms with van der Waals surface area (Å²) in [5.41, 5.74) is 0.203. The van der Waals surface area contributed by atoms with Gasteiger partial charge in [-0.05, 0) is 24.3 Å². The predicted molar refractivity (Wildman–Crippen MR) is 83.6 cm³/mol. The van der Waals surface area contributed by atoms with Gasteiger partial charge in [0.2, 0.25) is 5.91 Å². The van der Waals surface area contributed by atoms with Crippen LogP contribution >= 0.6 is 23.2 Å². The number of rotatable bonds is 4. The van der Waals surface area contributed by atoms with Crippen molar-refractivity contribution in [3.05, 3.63) is 58.6 Å². The lowest BCUT2D eigenvalue weighted by Gasteiger charge is -2.09. The Hall–Kier alpha value is -1.56. The highest BCUT2D eigenvalue weighted by molar-refractivity contribution is 7.92. The largest absolute Gasteiger partial charge is 0.323 e. The highest BCUT2D eigenvalue weighted by atomic mass is 35.5. The van der Waals surface area contributed by atoms with E-state index in [4.69, 9.17) is 23.2 Å². The lowest BCUT2D eigenvalue weighted by atomic mass is 10.3. The van der Waals surface area contributed by atoms with Crippen molar-refractivity contribution < 1.29 is 13.2 Å². The van der Waals surface area contributed by atoms with Crippen molar-refractivity contribution >= 4 is 44.6 Å². The Labute approximate surface area is 132 Å². The molecule has 2 rings (SSSR count). The number of halogens is 2. The molecule has 0 atom stereocenters. The molecule has 2 aromatic carbocycles. The van der Waals surface area contributed by atoms with Gasteiger partial charge in [-0.3, -0.25) is 4.79 Å². The summed E-state index contributed by atoms with van der Waals surface area (Å²) in [4.78, 5) is 12.0. The molecule has 7 heteroatoms. The number of anilines is 1. The quantitative estimate of drug-likeness (QED) is 0.925. The fraction of sp³-hybridized carbons (Fsp3) is 0.0714. The summed E-state index contributed by atoms with van der Waals surface area (Å²) in [7, 11) is -3.70. The second-order valence-electron chi connectivity index (χ2n) is 4.22. The van der Waals surface area contributed by atoms with Crippen LogP contribution in [0.1, 0.15) is 0 Å². The molecule has 0 aliphatic rings. The minimum Gasteiger partial charge on any atom is -0.323 e. The zero-order valence-electron chi connectivity index (χ0n) is 10.7. The molecule has 0 spiro atoms. The maximum absolute atomic E-state index is 12.1. The number of benzene rings is 2. The molecule has 21 heavy (non-hydrogen) atoms. The lowest BCUT2D eigenvalue weighted by molar-refractivity contribution is -0.113. The van der Waals surface area contributed by atoms with Gasteiger partial charge in [-0.1, -0.05) is 47.5 Å². The molecule has 0 radical (unpaired) electrons. The van der Waals surface area contributed by atoms with Crippen LogP contribution in [0.15, 0.2) is 53.4 Å². The number of hydrogen-bond donors (Lipinski definition) is 1. The first-order valence-electron chi connectivity index (χ1n) is 5.92. The topological polar surface area (TPSA) is 63.2 Å². The van der Waals surface area contributed by atoms with Gasteiger partial charge in [-0.15, -0.1) is 0 Å². The molecule has 0 aromatic heterocycles. The summed E-state index contributed by atoms with van der Waals surface area (Å²) < 4.78 is 24.2. The van der Waals surface area contributed by atoms with E-state index < -0.39 is 21.5 Å². The molecule has 0 unspecified atom stereocenters. The predicted octanol–water partition coefficient (Wildman–Crippen LogP) is 3.41. The minimum atomic E-state index is -3.70. The number of amides is 1. The van der Waals surface area contributed by atoms with Crippen LogP contribution in [-0.4, -0.2) is 20.1 Å². The Morgan fingerprint density at radius 2 is 1.52 bits per heavy atom. The Kier molecular flexibility index (Phi) is 4.88. The van der Waals surface area contributed by atoms with E-state index in [0.29, 0.717) is 0 Å². The third-order valence-corrected chi connectivity index (χ3v) is 4.91. The third kappa shape index (κ3) is 3.97. The summed E-state index contributed by atoms with van der Waals surface area (Å²) in [5, 5.41) is 2.91. The Bertz CT molecular complexity index is 741. The molecule has 0 saturated heterocycles. The monoisotopic (exact) mass is 343 g/mol. The van der Waals surface area contributed by atoms with Gasteiger partial charge in [0.1, 0.15) is 5.75 Å². The van der Waals surface area contributed by atoms with Crippen LogP contribution < -0.4 is 5.32 Å². The van der Waals surface area contributed by atoms with Crippen molar-refractivity contribution in [1.82, 2.24) is 0 Å². The molecular weight excluding hydrogens is 333 g/mol. The number of carbonyl (C=O) groups is 1. The number of sulfone groups is 1. The number of carbonyl (C=O) groups excluding carboxylic acids is 1. The van der Waals surface area contributed by atoms with E-state index in [0.717, 1.165) is 0 Å². The van der Waals surface area contributed by atoms with E-state index in [1.54, 1.807) is 36.4 Å². The van der Waals surface area contributed by atoms with Gasteiger partial charge in [0.25, 0.3) is 0 Å². The molecule has 0 fully saturated rings. The molecule has 1 N–H and O–H groups in total. The van der Waals surface area contributed by atoms with E-state index in [9.17, 15) is 13.2 Å². The zero-order valence-corrected chi connectivity index (χ0v) is 13.0. The van der Waals surface area contributed by atoms with E-state index in [2.05, 4.69) is 5.32 Å². The highest BCUT2D eigenvalue weighted by Crippen LogP contribution is 2.29. The maximum Gasteiger partial charge on any atom is 0.240 e. The van der Waals surface area contributed by atoms with Gasteiger partial charge < -0.3 is 5.32 Å². The number of para-hydroxylation sites is 1. The summed E-state index contributed by atoms with van der Waals surface area (Å²) >= 11 is 11.8. The molecule has 0 saturated carbocycles. The lowest BCUT2D eigenvalue weighted by Crippen LogP contribution is -2.23. The average Bonchev–Trinajstić information content (AvgIpc) is 2.43. The maximum atomic E-state index is 12.1. The second kappa shape index (κ2) is 6.47. The zero-order chi connectivity index (χ0) is 15.5. The van der Waals surface area contributed by atoms with Crippen molar-refractivity contribution in [2.24, 2.45) is 0 Å². The molecular formula is C14H11Cl2NO3S. The van der Waals surface area contributed by atoms with Crippen LogP contribution in [0.5, 0.6) is 0 Å². The second-order valence-corrected chi connectivity index (χ2v) is 7.02. The van der Waals surface area contributed by atoms with Crippen molar-refractivity contribution in [1.29, 1.82) is 0 Å². The Morgan fingerprint density at radius 1 is 0.952 bits per heavy atom. The molecule has 2 aromatic rings. The fourth-order valence-electron chi connectivity index (χ4n) is 1.68. The van der Waals surface area contributed by atoms with Crippen LogP contribution in [0.4, 0.5) is 5.69 Å². The van der Waals surface area contributed by atoms with E-state index >= 15 is 0 Å². The smallest absolute Gasteiger partial charge is 0.240 e. The van der Waals surface area contributed by atoms with Gasteiger partial charge in [-0.2, -0.15) is 0 Å². The molecule has 0 bridgehead atoms. The number of nitrogens with one attached hydrogen (secondary N) is 1. The van der Waals surface area contributed by atoms with Crippen molar-refractivity contribution in [2.75, 3.05) is 11.1 Å². The highest BCUT2D eigenvalue weighted by Gasteiger charge is 2.20. The van der Waals surface area contributed by atoms with Gasteiger partial charge in [0.05, 0.1) is 20.6 Å². The molecule has 0 aliphatic heterocycles. The normalized spacial score (nSPS) is 11.1. The first-order valence-corrected chi connectivity index (χ1v) is 8.32. The van der Waals surface area contributed by atoms with E-state index in [1.165, 1.54) is 12.1 Å². The van der Waals surface area contributed by atoms with Crippen molar-refractivity contribution in [2.45, 2.75) is 4.90 Å². The fourth-order valence-corrected chi connectivity index (χ4v) is 3.32. The summed E-state index contributed by atoms with van der Waals surface area (Å²) in [5.74, 6) is -1.38. The van der Waals surface area contributed by atoms with Crippen molar-refractivity contribution in [3.8, 4) is 0 Å². The van der Waals surface area contributed by atoms with Gasteiger partial charge in [0.15, 0.2) is 9.84 Å². The molecule has 4 nitrogen and oxygen atoms in total. The van der Waals surface area contributed by atoms with Gasteiger partial charge >= 0.3 is 0 Å². The van der Waals surface area contributed by atoms with Crippen LogP contribution in [0.3, 0.4) is 0 Å². The third-order valence-electron chi connectivity index (χ3n) is 2.65. The van der Waals surface area contributed by atoms with E-state index in [-0.39, 0.29) is 20.6 Å². The first-order chi connectivity index (χ1) is 9.90. The molecule has 0 heterocycles. The van der Waals surface area contributed by atoms with Crippen LogP contribution in [0, 0.1) is 0 Å².